The van der Waals surface area contributed by atoms with E-state index in [-0.39, 0.29) is 12.2 Å². The van der Waals surface area contributed by atoms with Crippen LogP contribution in [0.3, 0.4) is 0 Å². The Kier molecular flexibility index (Phi) is 3.84. The number of benzene rings is 1. The molecule has 0 saturated carbocycles. The maximum Gasteiger partial charge on any atom is 0.420 e. The predicted octanol–water partition coefficient (Wildman–Crippen LogP) is 2.79. The molecule has 1 aromatic rings. The van der Waals surface area contributed by atoms with Gasteiger partial charge in [0.2, 0.25) is 0 Å². The standard InChI is InChI=1S/C11H10F3NO2/c1-16-9-7(5-6-15)3-4-8(10(9)17-2)11(12,13)14/h3-4H,5H2,1-2H3. The van der Waals surface area contributed by atoms with E-state index in [1.807, 2.05) is 6.07 Å². The van der Waals surface area contributed by atoms with Crippen molar-refractivity contribution in [3.8, 4) is 17.6 Å². The first-order chi connectivity index (χ1) is 7.95. The summed E-state index contributed by atoms with van der Waals surface area (Å²) in [5.41, 5.74) is -0.557. The zero-order valence-corrected chi connectivity index (χ0v) is 9.26. The molecule has 0 N–H and O–H groups in total. The first kappa shape index (κ1) is 13.2. The Morgan fingerprint density at radius 3 is 2.18 bits per heavy atom. The summed E-state index contributed by atoms with van der Waals surface area (Å²) >= 11 is 0. The zero-order valence-electron chi connectivity index (χ0n) is 9.26. The van der Waals surface area contributed by atoms with E-state index in [4.69, 9.17) is 14.7 Å². The second-order valence-corrected chi connectivity index (χ2v) is 3.17. The number of ether oxygens (including phenoxy) is 2. The highest BCUT2D eigenvalue weighted by Crippen LogP contribution is 2.43. The van der Waals surface area contributed by atoms with Crippen molar-refractivity contribution in [3.05, 3.63) is 23.3 Å². The Morgan fingerprint density at radius 1 is 1.18 bits per heavy atom. The molecular formula is C11H10F3NO2. The Morgan fingerprint density at radius 2 is 1.76 bits per heavy atom. The largest absolute Gasteiger partial charge is 0.493 e. The Labute approximate surface area is 96.4 Å². The third-order valence-corrected chi connectivity index (χ3v) is 2.18. The van der Waals surface area contributed by atoms with Crippen LogP contribution in [0.15, 0.2) is 12.1 Å². The fourth-order valence-corrected chi connectivity index (χ4v) is 1.48. The molecule has 0 aliphatic heterocycles. The van der Waals surface area contributed by atoms with Crippen LogP contribution >= 0.6 is 0 Å². The number of rotatable bonds is 3. The van der Waals surface area contributed by atoms with Crippen molar-refractivity contribution in [1.82, 2.24) is 0 Å². The molecule has 1 aromatic carbocycles. The van der Waals surface area contributed by atoms with Crippen LogP contribution in [0, 0.1) is 11.3 Å². The van der Waals surface area contributed by atoms with Gasteiger partial charge < -0.3 is 9.47 Å². The summed E-state index contributed by atoms with van der Waals surface area (Å²) in [7, 11) is 2.36. The molecule has 0 unspecified atom stereocenters. The molecule has 0 fully saturated rings. The van der Waals surface area contributed by atoms with E-state index in [1.165, 1.54) is 13.2 Å². The number of nitrogens with zero attached hydrogens (tertiary/aromatic N) is 1. The molecule has 0 aliphatic carbocycles. The average molecular weight is 245 g/mol. The number of methoxy groups -OCH3 is 2. The number of halogens is 3. The van der Waals surface area contributed by atoms with Crippen molar-refractivity contribution in [2.75, 3.05) is 14.2 Å². The molecule has 6 heteroatoms. The summed E-state index contributed by atoms with van der Waals surface area (Å²) in [4.78, 5) is 0. The van der Waals surface area contributed by atoms with E-state index in [0.717, 1.165) is 13.2 Å². The summed E-state index contributed by atoms with van der Waals surface area (Å²) in [5, 5.41) is 8.56. The maximum atomic E-state index is 12.7. The number of hydrogen-bond donors (Lipinski definition) is 0. The molecule has 0 saturated heterocycles. The molecule has 0 spiro atoms. The predicted molar refractivity (Wildman–Crippen MR) is 53.9 cm³/mol. The van der Waals surface area contributed by atoms with Crippen molar-refractivity contribution in [2.45, 2.75) is 12.6 Å². The summed E-state index contributed by atoms with van der Waals surface area (Å²) in [6.07, 6.45) is -4.57. The van der Waals surface area contributed by atoms with Crippen LogP contribution < -0.4 is 9.47 Å². The first-order valence-electron chi connectivity index (χ1n) is 4.63. The number of hydrogen-bond acceptors (Lipinski definition) is 3. The van der Waals surface area contributed by atoms with Gasteiger partial charge in [-0.2, -0.15) is 18.4 Å². The Hall–Kier alpha value is -1.90. The lowest BCUT2D eigenvalue weighted by Gasteiger charge is -2.16. The fourth-order valence-electron chi connectivity index (χ4n) is 1.48. The SMILES string of the molecule is COc1c(CC#N)ccc(C(F)(F)F)c1OC. The third kappa shape index (κ3) is 2.61. The smallest absolute Gasteiger partial charge is 0.420 e. The number of alkyl halides is 3. The van der Waals surface area contributed by atoms with E-state index in [2.05, 4.69) is 0 Å². The maximum absolute atomic E-state index is 12.7. The van der Waals surface area contributed by atoms with E-state index in [9.17, 15) is 13.2 Å². The normalized spacial score (nSPS) is 10.8. The van der Waals surface area contributed by atoms with Gasteiger partial charge in [-0.25, -0.2) is 0 Å². The van der Waals surface area contributed by atoms with Gasteiger partial charge in [0, 0.05) is 5.56 Å². The summed E-state index contributed by atoms with van der Waals surface area (Å²) in [5.74, 6) is -0.448. The molecular weight excluding hydrogens is 235 g/mol. The van der Waals surface area contributed by atoms with Gasteiger partial charge in [0.15, 0.2) is 11.5 Å². The lowest BCUT2D eigenvalue weighted by Crippen LogP contribution is -2.09. The average Bonchev–Trinajstić information content (AvgIpc) is 2.27. The van der Waals surface area contributed by atoms with E-state index in [0.29, 0.717) is 5.56 Å². The molecule has 92 valence electrons. The zero-order chi connectivity index (χ0) is 13.1. The highest BCUT2D eigenvalue weighted by Gasteiger charge is 2.36. The summed E-state index contributed by atoms with van der Waals surface area (Å²) < 4.78 is 47.6. The van der Waals surface area contributed by atoms with E-state index < -0.39 is 17.5 Å². The summed E-state index contributed by atoms with van der Waals surface area (Å²) in [6, 6.07) is 3.95. The van der Waals surface area contributed by atoms with Crippen molar-refractivity contribution < 1.29 is 22.6 Å². The molecule has 0 radical (unpaired) electrons. The minimum Gasteiger partial charge on any atom is -0.493 e. The van der Waals surface area contributed by atoms with Crippen LogP contribution in [0.2, 0.25) is 0 Å². The van der Waals surface area contributed by atoms with Gasteiger partial charge in [-0.05, 0) is 6.07 Å². The van der Waals surface area contributed by atoms with E-state index >= 15 is 0 Å². The molecule has 0 atom stereocenters. The van der Waals surface area contributed by atoms with Crippen LogP contribution in [0.4, 0.5) is 13.2 Å². The highest BCUT2D eigenvalue weighted by atomic mass is 19.4. The van der Waals surface area contributed by atoms with E-state index in [1.54, 1.807) is 0 Å². The van der Waals surface area contributed by atoms with Crippen molar-refractivity contribution >= 4 is 0 Å². The van der Waals surface area contributed by atoms with Crippen molar-refractivity contribution in [1.29, 1.82) is 5.26 Å². The van der Waals surface area contributed by atoms with Gasteiger partial charge in [-0.15, -0.1) is 0 Å². The molecule has 1 rings (SSSR count). The fraction of sp³-hybridized carbons (Fsp3) is 0.364. The second kappa shape index (κ2) is 4.95. The van der Waals surface area contributed by atoms with Crippen LogP contribution in [-0.2, 0) is 12.6 Å². The van der Waals surface area contributed by atoms with Gasteiger partial charge in [0.05, 0.1) is 26.7 Å². The lowest BCUT2D eigenvalue weighted by atomic mass is 10.1. The van der Waals surface area contributed by atoms with Gasteiger partial charge in [0.1, 0.15) is 5.56 Å². The molecule has 0 aromatic heterocycles. The second-order valence-electron chi connectivity index (χ2n) is 3.17. The molecule has 3 nitrogen and oxygen atoms in total. The molecule has 0 aliphatic rings. The monoisotopic (exact) mass is 245 g/mol. The summed E-state index contributed by atoms with van der Waals surface area (Å²) in [6.45, 7) is 0. The van der Waals surface area contributed by atoms with Crippen LogP contribution in [0.5, 0.6) is 11.5 Å². The Balaban J connectivity index is 3.44. The Bertz CT molecular complexity index is 449. The van der Waals surface area contributed by atoms with Crippen LogP contribution in [-0.4, -0.2) is 14.2 Å². The quantitative estimate of drug-likeness (QED) is 0.822. The molecule has 0 amide bonds. The molecule has 0 heterocycles. The van der Waals surface area contributed by atoms with Gasteiger partial charge in [-0.3, -0.25) is 0 Å². The number of nitriles is 1. The van der Waals surface area contributed by atoms with Crippen molar-refractivity contribution in [3.63, 3.8) is 0 Å². The van der Waals surface area contributed by atoms with Crippen molar-refractivity contribution in [2.24, 2.45) is 0 Å². The third-order valence-electron chi connectivity index (χ3n) is 2.18. The highest BCUT2D eigenvalue weighted by molar-refractivity contribution is 5.53. The minimum absolute atomic E-state index is 0.0440. The van der Waals surface area contributed by atoms with Gasteiger partial charge in [0.25, 0.3) is 0 Å². The molecule has 17 heavy (non-hydrogen) atoms. The first-order valence-corrected chi connectivity index (χ1v) is 4.63. The van der Waals surface area contributed by atoms with Crippen LogP contribution in [0.1, 0.15) is 11.1 Å². The van der Waals surface area contributed by atoms with Gasteiger partial charge >= 0.3 is 6.18 Å². The van der Waals surface area contributed by atoms with Crippen LogP contribution in [0.25, 0.3) is 0 Å². The lowest BCUT2D eigenvalue weighted by molar-refractivity contribution is -0.138. The minimum atomic E-state index is -4.52. The topological polar surface area (TPSA) is 42.2 Å². The molecule has 0 bridgehead atoms. The van der Waals surface area contributed by atoms with Gasteiger partial charge in [-0.1, -0.05) is 6.07 Å².